The predicted molar refractivity (Wildman–Crippen MR) is 88.6 cm³/mol. The molecule has 0 N–H and O–H groups in total. The van der Waals surface area contributed by atoms with Gasteiger partial charge in [-0.1, -0.05) is 18.2 Å². The van der Waals surface area contributed by atoms with E-state index < -0.39 is 9.04 Å². The minimum absolute atomic E-state index is 0.628. The van der Waals surface area contributed by atoms with Gasteiger partial charge in [-0.05, 0) is 31.6 Å². The molecule has 5 heteroatoms. The van der Waals surface area contributed by atoms with Crippen LogP contribution in [0.5, 0.6) is 5.75 Å². The van der Waals surface area contributed by atoms with E-state index in [0.29, 0.717) is 13.0 Å². The lowest BCUT2D eigenvalue weighted by atomic mass is 10.2. The number of hydrogen-bond acceptors (Lipinski definition) is 4. The molecular formula is C16H21N3OSi. The van der Waals surface area contributed by atoms with Gasteiger partial charge in [0.15, 0.2) is 0 Å². The zero-order chi connectivity index (χ0) is 15.1. The van der Waals surface area contributed by atoms with E-state index in [1.54, 1.807) is 0 Å². The van der Waals surface area contributed by atoms with E-state index in [9.17, 15) is 0 Å². The molecule has 0 unspecified atom stereocenters. The molecule has 0 aliphatic heterocycles. The van der Waals surface area contributed by atoms with E-state index in [-0.39, 0.29) is 0 Å². The molecule has 0 saturated heterocycles. The Morgan fingerprint density at radius 1 is 1.19 bits per heavy atom. The highest BCUT2D eigenvalue weighted by Crippen LogP contribution is 2.19. The van der Waals surface area contributed by atoms with Crippen LogP contribution in [0, 0.1) is 6.92 Å². The third kappa shape index (κ3) is 5.11. The van der Waals surface area contributed by atoms with Crippen molar-refractivity contribution in [2.24, 2.45) is 4.99 Å². The number of aryl methyl sites for hydroxylation is 1. The van der Waals surface area contributed by atoms with E-state index in [2.05, 4.69) is 34.1 Å². The highest BCUT2D eigenvalue weighted by Gasteiger charge is 2.04. The van der Waals surface area contributed by atoms with Gasteiger partial charge in [0.25, 0.3) is 0 Å². The first kappa shape index (κ1) is 15.4. The van der Waals surface area contributed by atoms with Crippen LogP contribution < -0.4 is 4.43 Å². The monoisotopic (exact) mass is 299 g/mol. The van der Waals surface area contributed by atoms with Crippen LogP contribution in [0.1, 0.15) is 17.0 Å². The molecule has 0 aliphatic rings. The van der Waals surface area contributed by atoms with Gasteiger partial charge < -0.3 is 4.43 Å². The summed E-state index contributed by atoms with van der Waals surface area (Å²) in [6.45, 7) is 6.93. The second-order valence-corrected chi connectivity index (χ2v) is 7.51. The maximum absolute atomic E-state index is 5.91. The van der Waals surface area contributed by atoms with Crippen LogP contribution in [0.2, 0.25) is 13.1 Å². The summed E-state index contributed by atoms with van der Waals surface area (Å²) in [5, 5.41) is 0. The highest BCUT2D eigenvalue weighted by atomic mass is 28.3. The zero-order valence-corrected chi connectivity index (χ0v) is 13.9. The molecule has 110 valence electrons. The molecule has 0 spiro atoms. The Labute approximate surface area is 127 Å². The molecule has 1 heterocycles. The minimum atomic E-state index is -1.09. The van der Waals surface area contributed by atoms with Gasteiger partial charge in [-0.15, -0.1) is 0 Å². The van der Waals surface area contributed by atoms with Gasteiger partial charge in [-0.3, -0.25) is 4.99 Å². The molecule has 0 saturated carbocycles. The summed E-state index contributed by atoms with van der Waals surface area (Å²) in [5.41, 5.74) is 2.19. The lowest BCUT2D eigenvalue weighted by Crippen LogP contribution is -2.12. The fraction of sp³-hybridized carbons (Fsp3) is 0.312. The van der Waals surface area contributed by atoms with Gasteiger partial charge in [-0.2, -0.15) is 0 Å². The van der Waals surface area contributed by atoms with Crippen LogP contribution in [0.25, 0.3) is 0 Å². The second kappa shape index (κ2) is 7.69. The van der Waals surface area contributed by atoms with Crippen LogP contribution in [0.15, 0.2) is 41.7 Å². The van der Waals surface area contributed by atoms with Crippen LogP contribution in [-0.2, 0) is 13.0 Å². The minimum Gasteiger partial charge on any atom is -0.547 e. The molecular weight excluding hydrogens is 278 g/mol. The number of aromatic nitrogens is 2. The Morgan fingerprint density at radius 3 is 2.62 bits per heavy atom. The summed E-state index contributed by atoms with van der Waals surface area (Å²) in [4.78, 5) is 13.0. The van der Waals surface area contributed by atoms with E-state index in [1.807, 2.05) is 43.7 Å². The number of para-hydroxylation sites is 1. The Kier molecular flexibility index (Phi) is 5.63. The Bertz CT molecular complexity index is 597. The quantitative estimate of drug-likeness (QED) is 0.608. The van der Waals surface area contributed by atoms with Crippen molar-refractivity contribution in [3.8, 4) is 5.75 Å². The van der Waals surface area contributed by atoms with Gasteiger partial charge >= 0.3 is 0 Å². The summed E-state index contributed by atoms with van der Waals surface area (Å²) in [5.74, 6) is 1.76. The van der Waals surface area contributed by atoms with E-state index in [1.165, 1.54) is 0 Å². The molecule has 4 nitrogen and oxygen atoms in total. The van der Waals surface area contributed by atoms with Crippen molar-refractivity contribution in [3.05, 3.63) is 53.6 Å². The standard InChI is InChI=1S/C16H21N3OSi/c1-13-10-18-16(19-11-13)8-9-17-12-14-6-4-5-7-15(14)20-21(2)3/h4-7,9-11,21H,8,12H2,1-3H3. The third-order valence-corrected chi connectivity index (χ3v) is 3.56. The van der Waals surface area contributed by atoms with Crippen LogP contribution in [0.4, 0.5) is 0 Å². The smallest absolute Gasteiger partial charge is 0.229 e. The Morgan fingerprint density at radius 2 is 1.90 bits per heavy atom. The molecule has 21 heavy (non-hydrogen) atoms. The number of nitrogens with zero attached hydrogens (tertiary/aromatic N) is 3. The number of hydrogen-bond donors (Lipinski definition) is 0. The first-order valence-electron chi connectivity index (χ1n) is 7.15. The third-order valence-electron chi connectivity index (χ3n) is 2.83. The highest BCUT2D eigenvalue weighted by molar-refractivity contribution is 6.49. The van der Waals surface area contributed by atoms with Crippen molar-refractivity contribution in [1.29, 1.82) is 0 Å². The normalized spacial score (nSPS) is 11.2. The number of rotatable bonds is 6. The summed E-state index contributed by atoms with van der Waals surface area (Å²) in [6.07, 6.45) is 6.18. The Hall–Kier alpha value is -2.01. The first-order valence-corrected chi connectivity index (χ1v) is 9.93. The topological polar surface area (TPSA) is 47.4 Å². The molecule has 1 aromatic heterocycles. The molecule has 2 rings (SSSR count). The van der Waals surface area contributed by atoms with Gasteiger partial charge in [0.2, 0.25) is 9.04 Å². The van der Waals surface area contributed by atoms with Crippen molar-refractivity contribution in [1.82, 2.24) is 9.97 Å². The maximum Gasteiger partial charge on any atom is 0.229 e. The average molecular weight is 299 g/mol. The Balaban J connectivity index is 1.93. The van der Waals surface area contributed by atoms with E-state index >= 15 is 0 Å². The molecule has 0 radical (unpaired) electrons. The van der Waals surface area contributed by atoms with Gasteiger partial charge in [0, 0.05) is 30.6 Å². The van der Waals surface area contributed by atoms with Crippen molar-refractivity contribution in [2.45, 2.75) is 33.0 Å². The largest absolute Gasteiger partial charge is 0.547 e. The van der Waals surface area contributed by atoms with E-state index in [0.717, 1.165) is 22.7 Å². The SMILES string of the molecule is Cc1cnc(CC=NCc2ccccc2O[SiH](C)C)nc1. The van der Waals surface area contributed by atoms with Crippen LogP contribution >= 0.6 is 0 Å². The predicted octanol–water partition coefficient (Wildman–Crippen LogP) is 2.96. The van der Waals surface area contributed by atoms with Gasteiger partial charge in [-0.25, -0.2) is 9.97 Å². The summed E-state index contributed by atoms with van der Waals surface area (Å²) < 4.78 is 5.91. The van der Waals surface area contributed by atoms with Crippen LogP contribution in [0.3, 0.4) is 0 Å². The second-order valence-electron chi connectivity index (χ2n) is 5.18. The van der Waals surface area contributed by atoms with Crippen molar-refractivity contribution < 1.29 is 4.43 Å². The van der Waals surface area contributed by atoms with E-state index in [4.69, 9.17) is 4.43 Å². The average Bonchev–Trinajstić information content (AvgIpc) is 2.46. The van der Waals surface area contributed by atoms with Gasteiger partial charge in [0.05, 0.1) is 6.54 Å². The molecule has 1 aromatic carbocycles. The summed E-state index contributed by atoms with van der Waals surface area (Å²) in [7, 11) is -1.09. The molecule has 0 bridgehead atoms. The summed E-state index contributed by atoms with van der Waals surface area (Å²) >= 11 is 0. The molecule has 0 atom stereocenters. The molecule has 0 fully saturated rings. The molecule has 0 aliphatic carbocycles. The zero-order valence-electron chi connectivity index (χ0n) is 12.8. The maximum atomic E-state index is 5.91. The first-order chi connectivity index (χ1) is 10.1. The van der Waals surface area contributed by atoms with Gasteiger partial charge in [0.1, 0.15) is 11.6 Å². The lowest BCUT2D eigenvalue weighted by Gasteiger charge is -2.12. The van der Waals surface area contributed by atoms with Crippen LogP contribution in [-0.4, -0.2) is 25.2 Å². The fourth-order valence-corrected chi connectivity index (χ4v) is 2.58. The summed E-state index contributed by atoms with van der Waals surface area (Å²) in [6, 6.07) is 8.09. The number of aliphatic imine (C=N–C) groups is 1. The fourth-order valence-electron chi connectivity index (χ4n) is 1.84. The molecule has 0 amide bonds. The van der Waals surface area contributed by atoms with Crippen molar-refractivity contribution >= 4 is 15.3 Å². The molecule has 2 aromatic rings. The van der Waals surface area contributed by atoms with Crippen molar-refractivity contribution in [2.75, 3.05) is 0 Å². The van der Waals surface area contributed by atoms with Crippen molar-refractivity contribution in [3.63, 3.8) is 0 Å². The number of benzene rings is 1. The lowest BCUT2D eigenvalue weighted by molar-refractivity contribution is 0.572.